The lowest BCUT2D eigenvalue weighted by Crippen LogP contribution is -2.44. The van der Waals surface area contributed by atoms with Gasteiger partial charge in [-0.25, -0.2) is 4.68 Å². The molecular weight excluding hydrogens is 632 g/mol. The van der Waals surface area contributed by atoms with Crippen LogP contribution in [0.2, 0.25) is 10.0 Å². The van der Waals surface area contributed by atoms with Gasteiger partial charge in [-0.05, 0) is 69.7 Å². The molecule has 0 saturated heterocycles. The fourth-order valence-corrected chi connectivity index (χ4v) is 8.02. The average molecular weight is 679 g/mol. The maximum atomic E-state index is 13.9. The lowest BCUT2D eigenvalue weighted by atomic mass is 9.85. The Kier molecular flexibility index (Phi) is 13.1. The van der Waals surface area contributed by atoms with Crippen LogP contribution in [-0.2, 0) is 18.3 Å². The molecule has 0 radical (unpaired) electrons. The van der Waals surface area contributed by atoms with Crippen LogP contribution in [0.3, 0.4) is 0 Å². The summed E-state index contributed by atoms with van der Waals surface area (Å²) in [5.41, 5.74) is 4.75. The van der Waals surface area contributed by atoms with Crippen LogP contribution in [0.15, 0.2) is 42.5 Å². The number of nitrogens with zero attached hydrogens (tertiary/aromatic N) is 2. The van der Waals surface area contributed by atoms with E-state index in [-0.39, 0.29) is 17.9 Å². The van der Waals surface area contributed by atoms with Gasteiger partial charge in [0.15, 0.2) is 5.69 Å². The predicted octanol–water partition coefficient (Wildman–Crippen LogP) is 9.24. The molecule has 246 valence electrons. The minimum absolute atomic E-state index is 0.0401. The molecule has 0 aliphatic heterocycles. The number of carbonyl (C=O) groups excluding carboxylic acids is 1. The fourth-order valence-electron chi connectivity index (χ4n) is 5.89. The minimum Gasteiger partial charge on any atom is -0.381 e. The standard InChI is InChI=1S/C34H46Cl2N3O5P/c1-6-43-45(41,44-7-2)20-10-19-42-22-27-11-8-9-12-30(27)37-34(40)32-24(5)33(26-15-13-25(14-16-26)23(3)4)39(38-32)31-18-17-28(35)21-29(31)36/h13-18,21,23,27,30H,6-12,19-20,22H2,1-5H3,(H,37,40). The van der Waals surface area contributed by atoms with E-state index in [0.717, 1.165) is 42.5 Å². The number of halogens is 2. The van der Waals surface area contributed by atoms with Crippen molar-refractivity contribution in [2.75, 3.05) is 32.6 Å². The molecule has 1 saturated carbocycles. The molecule has 1 N–H and O–H groups in total. The third-order valence-corrected chi connectivity index (χ3v) is 11.0. The summed E-state index contributed by atoms with van der Waals surface area (Å²) in [7, 11) is -3.08. The Hall–Kier alpha value is -2.19. The maximum absolute atomic E-state index is 13.9. The van der Waals surface area contributed by atoms with Crippen LogP contribution in [0.5, 0.6) is 0 Å². The summed E-state index contributed by atoms with van der Waals surface area (Å²) in [5, 5.41) is 9.08. The van der Waals surface area contributed by atoms with Crippen LogP contribution in [-0.4, -0.2) is 54.3 Å². The summed E-state index contributed by atoms with van der Waals surface area (Å²) in [6.07, 6.45) is 4.85. The number of carbonyl (C=O) groups is 1. The van der Waals surface area contributed by atoms with E-state index in [1.807, 2.05) is 26.8 Å². The molecule has 1 amide bonds. The van der Waals surface area contributed by atoms with Gasteiger partial charge in [-0.3, -0.25) is 9.36 Å². The Morgan fingerprint density at radius 1 is 1.07 bits per heavy atom. The molecular formula is C34H46Cl2N3O5P. The minimum atomic E-state index is -3.08. The SMILES string of the molecule is CCOP(=O)(CCCOCC1CCCCC1NC(=O)c1nn(-c2ccc(Cl)cc2Cl)c(-c2ccc(C(C)C)cc2)c1C)OCC. The zero-order valence-electron chi connectivity index (χ0n) is 27.0. The Bertz CT molecular complexity index is 1470. The summed E-state index contributed by atoms with van der Waals surface area (Å²) in [6, 6.07) is 13.6. The first kappa shape index (κ1) is 35.7. The number of hydrogen-bond donors (Lipinski definition) is 1. The molecule has 0 spiro atoms. The first-order valence-electron chi connectivity index (χ1n) is 16.0. The molecule has 1 fully saturated rings. The Balaban J connectivity index is 1.51. The number of hydrogen-bond acceptors (Lipinski definition) is 6. The summed E-state index contributed by atoms with van der Waals surface area (Å²) in [6.45, 7) is 11.5. The highest BCUT2D eigenvalue weighted by Crippen LogP contribution is 2.48. The smallest absolute Gasteiger partial charge is 0.330 e. The van der Waals surface area contributed by atoms with E-state index in [1.165, 1.54) is 5.56 Å². The van der Waals surface area contributed by atoms with E-state index < -0.39 is 7.60 Å². The second-order valence-corrected chi connectivity index (χ2v) is 14.9. The summed E-state index contributed by atoms with van der Waals surface area (Å²) < 4.78 is 31.3. The van der Waals surface area contributed by atoms with Gasteiger partial charge in [-0.1, -0.05) is 74.2 Å². The zero-order valence-corrected chi connectivity index (χ0v) is 29.4. The second kappa shape index (κ2) is 16.6. The van der Waals surface area contributed by atoms with Gasteiger partial charge in [0.05, 0.1) is 42.4 Å². The molecule has 8 nitrogen and oxygen atoms in total. The second-order valence-electron chi connectivity index (χ2n) is 11.8. The Morgan fingerprint density at radius 3 is 2.40 bits per heavy atom. The van der Waals surface area contributed by atoms with Crippen molar-refractivity contribution in [3.8, 4) is 16.9 Å². The van der Waals surface area contributed by atoms with Crippen molar-refractivity contribution < 1.29 is 23.1 Å². The number of rotatable bonds is 15. The molecule has 45 heavy (non-hydrogen) atoms. The van der Waals surface area contributed by atoms with Crippen LogP contribution >= 0.6 is 30.8 Å². The highest BCUT2D eigenvalue weighted by Gasteiger charge is 2.30. The average Bonchev–Trinajstić information content (AvgIpc) is 3.34. The Labute approximate surface area is 277 Å². The van der Waals surface area contributed by atoms with Crippen molar-refractivity contribution in [1.82, 2.24) is 15.1 Å². The van der Waals surface area contributed by atoms with Crippen molar-refractivity contribution in [3.05, 3.63) is 69.3 Å². The molecule has 2 atom stereocenters. The third kappa shape index (κ3) is 9.21. The van der Waals surface area contributed by atoms with Crippen LogP contribution in [0.25, 0.3) is 16.9 Å². The van der Waals surface area contributed by atoms with Gasteiger partial charge in [-0.15, -0.1) is 0 Å². The van der Waals surface area contributed by atoms with E-state index in [1.54, 1.807) is 16.8 Å². The Morgan fingerprint density at radius 2 is 1.76 bits per heavy atom. The van der Waals surface area contributed by atoms with Crippen molar-refractivity contribution >= 4 is 36.7 Å². The van der Waals surface area contributed by atoms with E-state index in [2.05, 4.69) is 43.4 Å². The molecule has 0 bridgehead atoms. The molecule has 11 heteroatoms. The molecule has 1 aromatic heterocycles. The topological polar surface area (TPSA) is 91.7 Å². The molecule has 1 heterocycles. The first-order valence-corrected chi connectivity index (χ1v) is 18.5. The van der Waals surface area contributed by atoms with Crippen molar-refractivity contribution in [3.63, 3.8) is 0 Å². The number of amides is 1. The highest BCUT2D eigenvalue weighted by atomic mass is 35.5. The molecule has 2 aromatic carbocycles. The van der Waals surface area contributed by atoms with E-state index in [0.29, 0.717) is 66.4 Å². The van der Waals surface area contributed by atoms with E-state index >= 15 is 0 Å². The van der Waals surface area contributed by atoms with Crippen LogP contribution in [0.1, 0.15) is 87.3 Å². The van der Waals surface area contributed by atoms with Gasteiger partial charge < -0.3 is 19.1 Å². The van der Waals surface area contributed by atoms with Crippen molar-refractivity contribution in [2.24, 2.45) is 5.92 Å². The maximum Gasteiger partial charge on any atom is 0.330 e. The third-order valence-electron chi connectivity index (χ3n) is 8.26. The summed E-state index contributed by atoms with van der Waals surface area (Å²) in [4.78, 5) is 13.9. The van der Waals surface area contributed by atoms with Gasteiger partial charge in [0.2, 0.25) is 0 Å². The normalized spacial score (nSPS) is 17.2. The number of aromatic nitrogens is 2. The van der Waals surface area contributed by atoms with Gasteiger partial charge in [0, 0.05) is 34.7 Å². The molecule has 2 unspecified atom stereocenters. The highest BCUT2D eigenvalue weighted by molar-refractivity contribution is 7.53. The quantitative estimate of drug-likeness (QED) is 0.127. The molecule has 1 aliphatic rings. The van der Waals surface area contributed by atoms with E-state index in [4.69, 9.17) is 42.1 Å². The fraction of sp³-hybridized carbons (Fsp3) is 0.529. The van der Waals surface area contributed by atoms with Gasteiger partial charge in [0.1, 0.15) is 0 Å². The summed E-state index contributed by atoms with van der Waals surface area (Å²) >= 11 is 12.8. The molecule has 4 rings (SSSR count). The van der Waals surface area contributed by atoms with Gasteiger partial charge in [-0.2, -0.15) is 5.10 Å². The lowest BCUT2D eigenvalue weighted by Gasteiger charge is -2.32. The number of nitrogens with one attached hydrogen (secondary N) is 1. The molecule has 3 aromatic rings. The van der Waals surface area contributed by atoms with Crippen LogP contribution in [0.4, 0.5) is 0 Å². The molecule has 1 aliphatic carbocycles. The number of benzene rings is 2. The van der Waals surface area contributed by atoms with Gasteiger partial charge in [0.25, 0.3) is 5.91 Å². The van der Waals surface area contributed by atoms with Gasteiger partial charge >= 0.3 is 7.60 Å². The van der Waals surface area contributed by atoms with Crippen molar-refractivity contribution in [1.29, 1.82) is 0 Å². The number of ether oxygens (including phenoxy) is 1. The zero-order chi connectivity index (χ0) is 32.6. The summed E-state index contributed by atoms with van der Waals surface area (Å²) in [5.74, 6) is 0.350. The van der Waals surface area contributed by atoms with Crippen molar-refractivity contribution in [2.45, 2.75) is 78.7 Å². The van der Waals surface area contributed by atoms with E-state index in [9.17, 15) is 9.36 Å². The van der Waals surface area contributed by atoms with Crippen LogP contribution < -0.4 is 5.32 Å². The largest absolute Gasteiger partial charge is 0.381 e. The first-order chi connectivity index (χ1) is 21.6. The monoisotopic (exact) mass is 677 g/mol. The predicted molar refractivity (Wildman–Crippen MR) is 182 cm³/mol. The van der Waals surface area contributed by atoms with Crippen LogP contribution in [0, 0.1) is 12.8 Å². The lowest BCUT2D eigenvalue weighted by molar-refractivity contribution is 0.0636.